The van der Waals surface area contributed by atoms with Crippen LogP contribution in [0.5, 0.6) is 5.75 Å². The van der Waals surface area contributed by atoms with Crippen LogP contribution in [0.2, 0.25) is 0 Å². The summed E-state index contributed by atoms with van der Waals surface area (Å²) in [5, 5.41) is 9.59. The van der Waals surface area contributed by atoms with E-state index < -0.39 is 0 Å². The number of ether oxygens (including phenoxy) is 1. The first-order valence-corrected chi connectivity index (χ1v) is 9.10. The number of carbonyl (C=O) groups excluding carboxylic acids is 1. The molecule has 1 N–H and O–H groups in total. The third-order valence-corrected chi connectivity index (χ3v) is 5.09. The number of phenols is 1. The van der Waals surface area contributed by atoms with E-state index in [4.69, 9.17) is 4.74 Å². The third kappa shape index (κ3) is 4.71. The molecule has 0 aliphatic carbocycles. The van der Waals surface area contributed by atoms with E-state index in [1.807, 2.05) is 18.2 Å². The Morgan fingerprint density at radius 1 is 1.21 bits per heavy atom. The fourth-order valence-electron chi connectivity index (χ4n) is 3.72. The number of hydrogen-bond donors (Lipinski definition) is 1. The molecule has 132 valence electrons. The first-order valence-electron chi connectivity index (χ1n) is 9.10. The number of nitrogens with zero attached hydrogens (tertiary/aromatic N) is 2. The number of morpholine rings is 1. The maximum Gasteiger partial charge on any atom is 0.236 e. The minimum atomic E-state index is 0.262. The Balaban J connectivity index is 1.55. The molecule has 0 saturated carbocycles. The van der Waals surface area contributed by atoms with Gasteiger partial charge in [0.05, 0.1) is 19.8 Å². The summed E-state index contributed by atoms with van der Waals surface area (Å²) in [7, 11) is 0. The highest BCUT2D eigenvalue weighted by atomic mass is 16.5. The molecule has 5 nitrogen and oxygen atoms in total. The highest BCUT2D eigenvalue weighted by Gasteiger charge is 2.27. The van der Waals surface area contributed by atoms with Gasteiger partial charge in [-0.25, -0.2) is 0 Å². The van der Waals surface area contributed by atoms with Crippen molar-refractivity contribution >= 4 is 5.91 Å². The fraction of sp³-hybridized carbons (Fsp3) is 0.632. The van der Waals surface area contributed by atoms with Crippen LogP contribution in [0, 0.1) is 0 Å². The van der Waals surface area contributed by atoms with Crippen LogP contribution < -0.4 is 0 Å². The van der Waals surface area contributed by atoms with Gasteiger partial charge < -0.3 is 14.7 Å². The standard InChI is InChI=1S/C19H28N2O3/c22-18-6-3-4-16(14-18)7-8-17-5-1-2-9-21(17)19(23)15-20-10-12-24-13-11-20/h3-4,6,14,17,22H,1-2,5,7-13,15H2/t17-/m1/s1. The lowest BCUT2D eigenvalue weighted by molar-refractivity contribution is -0.137. The number of phenolic OH excluding ortho intramolecular Hbond substituents is 1. The second-order valence-corrected chi connectivity index (χ2v) is 6.83. The fourth-order valence-corrected chi connectivity index (χ4v) is 3.72. The topological polar surface area (TPSA) is 53.0 Å². The smallest absolute Gasteiger partial charge is 0.236 e. The van der Waals surface area contributed by atoms with Crippen LogP contribution in [0.3, 0.4) is 0 Å². The Morgan fingerprint density at radius 3 is 2.83 bits per heavy atom. The molecule has 0 radical (unpaired) electrons. The second kappa shape index (κ2) is 8.49. The number of amides is 1. The Hall–Kier alpha value is -1.59. The van der Waals surface area contributed by atoms with Crippen molar-refractivity contribution in [2.75, 3.05) is 39.4 Å². The van der Waals surface area contributed by atoms with Crippen molar-refractivity contribution in [3.05, 3.63) is 29.8 Å². The molecule has 2 saturated heterocycles. The highest BCUT2D eigenvalue weighted by molar-refractivity contribution is 5.78. The average Bonchev–Trinajstić information content (AvgIpc) is 2.61. The molecule has 0 aromatic heterocycles. The van der Waals surface area contributed by atoms with Gasteiger partial charge in [0.2, 0.25) is 5.91 Å². The van der Waals surface area contributed by atoms with Crippen LogP contribution in [0.1, 0.15) is 31.2 Å². The zero-order valence-electron chi connectivity index (χ0n) is 14.3. The van der Waals surface area contributed by atoms with Crippen molar-refractivity contribution in [3.63, 3.8) is 0 Å². The predicted octanol–water partition coefficient (Wildman–Crippen LogP) is 2.04. The summed E-state index contributed by atoms with van der Waals surface area (Å²) in [6.45, 7) is 4.57. The van der Waals surface area contributed by atoms with Crippen molar-refractivity contribution < 1.29 is 14.6 Å². The van der Waals surface area contributed by atoms with Crippen LogP contribution in [0.15, 0.2) is 24.3 Å². The largest absolute Gasteiger partial charge is 0.508 e. The van der Waals surface area contributed by atoms with Crippen LogP contribution in [0.25, 0.3) is 0 Å². The summed E-state index contributed by atoms with van der Waals surface area (Å²) in [6.07, 6.45) is 5.27. The Labute approximate surface area is 144 Å². The first kappa shape index (κ1) is 17.2. The number of aryl methyl sites for hydroxylation is 1. The Morgan fingerprint density at radius 2 is 2.04 bits per heavy atom. The Bertz CT molecular complexity index is 543. The molecule has 1 atom stereocenters. The molecule has 24 heavy (non-hydrogen) atoms. The summed E-state index contributed by atoms with van der Waals surface area (Å²) < 4.78 is 5.36. The summed E-state index contributed by atoms with van der Waals surface area (Å²) in [5.41, 5.74) is 1.14. The lowest BCUT2D eigenvalue weighted by Crippen LogP contribution is -2.50. The Kier molecular flexibility index (Phi) is 6.10. The van der Waals surface area contributed by atoms with E-state index in [9.17, 15) is 9.90 Å². The van der Waals surface area contributed by atoms with Crippen molar-refractivity contribution in [2.24, 2.45) is 0 Å². The van der Waals surface area contributed by atoms with Gasteiger partial charge in [-0.3, -0.25) is 9.69 Å². The number of likely N-dealkylation sites (tertiary alicyclic amines) is 1. The van der Waals surface area contributed by atoms with Gasteiger partial charge in [-0.2, -0.15) is 0 Å². The quantitative estimate of drug-likeness (QED) is 0.896. The molecule has 2 aliphatic heterocycles. The molecule has 1 aromatic rings. The second-order valence-electron chi connectivity index (χ2n) is 6.83. The highest BCUT2D eigenvalue weighted by Crippen LogP contribution is 2.23. The van der Waals surface area contributed by atoms with Gasteiger partial charge in [-0.05, 0) is 49.8 Å². The number of aromatic hydroxyl groups is 1. The molecule has 0 unspecified atom stereocenters. The molecule has 5 heteroatoms. The van der Waals surface area contributed by atoms with Gasteiger partial charge >= 0.3 is 0 Å². The van der Waals surface area contributed by atoms with Gasteiger partial charge in [0.1, 0.15) is 5.75 Å². The predicted molar refractivity (Wildman–Crippen MR) is 93.0 cm³/mol. The summed E-state index contributed by atoms with van der Waals surface area (Å²) in [4.78, 5) is 17.0. The first-order chi connectivity index (χ1) is 11.7. The number of benzene rings is 1. The van der Waals surface area contributed by atoms with Crippen molar-refractivity contribution in [3.8, 4) is 5.75 Å². The van der Waals surface area contributed by atoms with Gasteiger partial charge in [0.15, 0.2) is 0 Å². The van der Waals surface area contributed by atoms with E-state index in [1.165, 1.54) is 6.42 Å². The minimum absolute atomic E-state index is 0.262. The molecule has 1 amide bonds. The third-order valence-electron chi connectivity index (χ3n) is 5.09. The summed E-state index contributed by atoms with van der Waals surface area (Å²) >= 11 is 0. The summed E-state index contributed by atoms with van der Waals surface area (Å²) in [6, 6.07) is 7.77. The lowest BCUT2D eigenvalue weighted by atomic mass is 9.95. The zero-order chi connectivity index (χ0) is 16.8. The molecular weight excluding hydrogens is 304 g/mol. The van der Waals surface area contributed by atoms with Crippen LogP contribution in [-0.2, 0) is 16.0 Å². The number of rotatable bonds is 5. The van der Waals surface area contributed by atoms with E-state index in [-0.39, 0.29) is 5.91 Å². The molecule has 2 aliphatic rings. The molecule has 0 spiro atoms. The SMILES string of the molecule is O=C(CN1CCOCC1)N1CCCC[C@@H]1CCc1cccc(O)c1. The maximum atomic E-state index is 12.7. The molecule has 2 heterocycles. The maximum absolute atomic E-state index is 12.7. The van der Waals surface area contributed by atoms with Crippen LogP contribution in [-0.4, -0.2) is 66.2 Å². The van der Waals surface area contributed by atoms with E-state index in [1.54, 1.807) is 6.07 Å². The molecule has 0 bridgehead atoms. The number of piperidine rings is 1. The van der Waals surface area contributed by atoms with E-state index in [0.29, 0.717) is 18.3 Å². The van der Waals surface area contributed by atoms with Gasteiger partial charge in [0.25, 0.3) is 0 Å². The van der Waals surface area contributed by atoms with Crippen molar-refractivity contribution in [1.82, 2.24) is 9.80 Å². The van der Waals surface area contributed by atoms with E-state index in [2.05, 4.69) is 9.80 Å². The number of hydrogen-bond acceptors (Lipinski definition) is 4. The molecule has 1 aromatic carbocycles. The zero-order valence-corrected chi connectivity index (χ0v) is 14.3. The molecule has 2 fully saturated rings. The summed E-state index contributed by atoms with van der Waals surface area (Å²) in [5.74, 6) is 0.578. The average molecular weight is 332 g/mol. The van der Waals surface area contributed by atoms with E-state index in [0.717, 1.165) is 64.1 Å². The van der Waals surface area contributed by atoms with Crippen molar-refractivity contribution in [1.29, 1.82) is 0 Å². The van der Waals surface area contributed by atoms with Gasteiger partial charge in [0, 0.05) is 25.7 Å². The van der Waals surface area contributed by atoms with Crippen LogP contribution in [0.4, 0.5) is 0 Å². The van der Waals surface area contributed by atoms with Gasteiger partial charge in [-0.15, -0.1) is 0 Å². The minimum Gasteiger partial charge on any atom is -0.508 e. The van der Waals surface area contributed by atoms with Gasteiger partial charge in [-0.1, -0.05) is 12.1 Å². The lowest BCUT2D eigenvalue weighted by Gasteiger charge is -2.37. The van der Waals surface area contributed by atoms with Crippen molar-refractivity contribution in [2.45, 2.75) is 38.1 Å². The monoisotopic (exact) mass is 332 g/mol. The number of carbonyl (C=O) groups is 1. The van der Waals surface area contributed by atoms with E-state index >= 15 is 0 Å². The van der Waals surface area contributed by atoms with Crippen LogP contribution >= 0.6 is 0 Å². The normalized spacial score (nSPS) is 22.5. The molecular formula is C19H28N2O3. The molecule has 3 rings (SSSR count).